The first kappa shape index (κ1) is 12.2. The Balaban J connectivity index is 2.03. The molecule has 0 aliphatic carbocycles. The summed E-state index contributed by atoms with van der Waals surface area (Å²) in [4.78, 5) is 11.9. The van der Waals surface area contributed by atoms with Crippen molar-refractivity contribution in [3.05, 3.63) is 60.2 Å². The van der Waals surface area contributed by atoms with E-state index in [1.165, 1.54) is 0 Å². The SMILES string of the molecule is CCOc1ccc(NC(=O)c2ccccc2)cc1. The van der Waals surface area contributed by atoms with Crippen LogP contribution in [0.25, 0.3) is 0 Å². The largest absolute Gasteiger partial charge is 0.494 e. The third-order valence-electron chi connectivity index (χ3n) is 2.46. The Labute approximate surface area is 106 Å². The summed E-state index contributed by atoms with van der Waals surface area (Å²) in [6, 6.07) is 16.5. The van der Waals surface area contributed by atoms with Gasteiger partial charge in [-0.2, -0.15) is 0 Å². The molecule has 0 bridgehead atoms. The highest BCUT2D eigenvalue weighted by Crippen LogP contribution is 2.16. The first-order valence-electron chi connectivity index (χ1n) is 5.89. The maximum atomic E-state index is 11.9. The molecule has 0 unspecified atom stereocenters. The van der Waals surface area contributed by atoms with Gasteiger partial charge in [-0.1, -0.05) is 18.2 Å². The van der Waals surface area contributed by atoms with Gasteiger partial charge in [0, 0.05) is 11.3 Å². The van der Waals surface area contributed by atoms with Gasteiger partial charge in [0.2, 0.25) is 0 Å². The molecule has 92 valence electrons. The van der Waals surface area contributed by atoms with Crippen molar-refractivity contribution < 1.29 is 9.53 Å². The van der Waals surface area contributed by atoms with Gasteiger partial charge in [-0.05, 0) is 43.3 Å². The molecule has 0 aliphatic rings. The van der Waals surface area contributed by atoms with Crippen LogP contribution in [0.5, 0.6) is 5.75 Å². The smallest absolute Gasteiger partial charge is 0.255 e. The molecule has 2 aromatic rings. The molecule has 1 N–H and O–H groups in total. The Hall–Kier alpha value is -2.29. The molecule has 2 aromatic carbocycles. The van der Waals surface area contributed by atoms with E-state index in [0.29, 0.717) is 12.2 Å². The topological polar surface area (TPSA) is 38.3 Å². The minimum absolute atomic E-state index is 0.111. The molecule has 2 rings (SSSR count). The maximum Gasteiger partial charge on any atom is 0.255 e. The lowest BCUT2D eigenvalue weighted by Crippen LogP contribution is -2.11. The fourth-order valence-electron chi connectivity index (χ4n) is 1.59. The normalized spacial score (nSPS) is 9.83. The van der Waals surface area contributed by atoms with Gasteiger partial charge in [0.05, 0.1) is 6.61 Å². The van der Waals surface area contributed by atoms with E-state index < -0.39 is 0 Å². The Kier molecular flexibility index (Phi) is 3.97. The van der Waals surface area contributed by atoms with E-state index in [4.69, 9.17) is 4.74 Å². The van der Waals surface area contributed by atoms with E-state index in [9.17, 15) is 4.79 Å². The third-order valence-corrected chi connectivity index (χ3v) is 2.46. The molecule has 1 amide bonds. The highest BCUT2D eigenvalue weighted by molar-refractivity contribution is 6.04. The van der Waals surface area contributed by atoms with Crippen LogP contribution in [0.3, 0.4) is 0 Å². The molecule has 3 heteroatoms. The van der Waals surface area contributed by atoms with Gasteiger partial charge < -0.3 is 10.1 Å². The van der Waals surface area contributed by atoms with Crippen molar-refractivity contribution >= 4 is 11.6 Å². The van der Waals surface area contributed by atoms with Gasteiger partial charge in [0.25, 0.3) is 5.91 Å². The van der Waals surface area contributed by atoms with Gasteiger partial charge in [-0.3, -0.25) is 4.79 Å². The summed E-state index contributed by atoms with van der Waals surface area (Å²) in [6.07, 6.45) is 0. The standard InChI is InChI=1S/C15H15NO2/c1-2-18-14-10-8-13(9-11-14)16-15(17)12-6-4-3-5-7-12/h3-11H,2H2,1H3,(H,16,17). The lowest BCUT2D eigenvalue weighted by atomic mass is 10.2. The molecule has 0 saturated carbocycles. The first-order valence-corrected chi connectivity index (χ1v) is 5.89. The van der Waals surface area contributed by atoms with E-state index in [2.05, 4.69) is 5.32 Å². The molecule has 0 atom stereocenters. The van der Waals surface area contributed by atoms with E-state index >= 15 is 0 Å². The fraction of sp³-hybridized carbons (Fsp3) is 0.133. The van der Waals surface area contributed by atoms with Crippen LogP contribution >= 0.6 is 0 Å². The summed E-state index contributed by atoms with van der Waals surface area (Å²) >= 11 is 0. The van der Waals surface area contributed by atoms with Crippen LogP contribution in [0.1, 0.15) is 17.3 Å². The van der Waals surface area contributed by atoms with Crippen LogP contribution in [0.4, 0.5) is 5.69 Å². The number of ether oxygens (including phenoxy) is 1. The van der Waals surface area contributed by atoms with Crippen LogP contribution in [0.2, 0.25) is 0 Å². The van der Waals surface area contributed by atoms with Crippen LogP contribution < -0.4 is 10.1 Å². The number of nitrogens with one attached hydrogen (secondary N) is 1. The van der Waals surface area contributed by atoms with Gasteiger partial charge >= 0.3 is 0 Å². The van der Waals surface area contributed by atoms with Gasteiger partial charge in [-0.15, -0.1) is 0 Å². The zero-order chi connectivity index (χ0) is 12.8. The van der Waals surface area contributed by atoms with Crippen molar-refractivity contribution in [1.29, 1.82) is 0 Å². The van der Waals surface area contributed by atoms with Gasteiger partial charge in [0.1, 0.15) is 5.75 Å². The second-order valence-electron chi connectivity index (χ2n) is 3.78. The quantitative estimate of drug-likeness (QED) is 0.891. The van der Waals surface area contributed by atoms with Crippen LogP contribution in [-0.2, 0) is 0 Å². The van der Waals surface area contributed by atoms with Crippen LogP contribution in [0.15, 0.2) is 54.6 Å². The van der Waals surface area contributed by atoms with Gasteiger partial charge in [-0.25, -0.2) is 0 Å². The molecule has 0 fully saturated rings. The number of carbonyl (C=O) groups is 1. The molecule has 0 saturated heterocycles. The number of benzene rings is 2. The lowest BCUT2D eigenvalue weighted by molar-refractivity contribution is 0.102. The summed E-state index contributed by atoms with van der Waals surface area (Å²) in [5, 5.41) is 2.83. The van der Waals surface area contributed by atoms with Crippen molar-refractivity contribution in [1.82, 2.24) is 0 Å². The number of anilines is 1. The van der Waals surface area contributed by atoms with Crippen LogP contribution in [-0.4, -0.2) is 12.5 Å². The Morgan fingerprint density at radius 1 is 1.06 bits per heavy atom. The number of amides is 1. The van der Waals surface area contributed by atoms with Crippen molar-refractivity contribution in [2.75, 3.05) is 11.9 Å². The maximum absolute atomic E-state index is 11.9. The van der Waals surface area contributed by atoms with Crippen molar-refractivity contribution in [2.24, 2.45) is 0 Å². The van der Waals surface area contributed by atoms with Crippen molar-refractivity contribution in [3.63, 3.8) is 0 Å². The second-order valence-corrected chi connectivity index (χ2v) is 3.78. The second kappa shape index (κ2) is 5.87. The molecular weight excluding hydrogens is 226 g/mol. The average Bonchev–Trinajstić information content (AvgIpc) is 2.42. The molecule has 0 aromatic heterocycles. The van der Waals surface area contributed by atoms with Crippen molar-refractivity contribution in [2.45, 2.75) is 6.92 Å². The zero-order valence-electron chi connectivity index (χ0n) is 10.2. The van der Waals surface area contributed by atoms with E-state index in [0.717, 1.165) is 11.4 Å². The van der Waals surface area contributed by atoms with Crippen molar-refractivity contribution in [3.8, 4) is 5.75 Å². The molecule has 0 radical (unpaired) electrons. The molecule has 0 spiro atoms. The highest BCUT2D eigenvalue weighted by Gasteiger charge is 2.04. The summed E-state index contributed by atoms with van der Waals surface area (Å²) in [7, 11) is 0. The predicted molar refractivity (Wildman–Crippen MR) is 72.0 cm³/mol. The minimum atomic E-state index is -0.111. The third kappa shape index (κ3) is 3.10. The van der Waals surface area contributed by atoms with E-state index in [-0.39, 0.29) is 5.91 Å². The zero-order valence-corrected chi connectivity index (χ0v) is 10.2. The van der Waals surface area contributed by atoms with E-state index in [1.807, 2.05) is 49.4 Å². The highest BCUT2D eigenvalue weighted by atomic mass is 16.5. The summed E-state index contributed by atoms with van der Waals surface area (Å²) in [5.41, 5.74) is 1.40. The number of rotatable bonds is 4. The van der Waals surface area contributed by atoms with Crippen LogP contribution in [0, 0.1) is 0 Å². The fourth-order valence-corrected chi connectivity index (χ4v) is 1.59. The summed E-state index contributed by atoms with van der Waals surface area (Å²) < 4.78 is 5.34. The summed E-state index contributed by atoms with van der Waals surface area (Å²) in [6.45, 7) is 2.57. The Bertz CT molecular complexity index is 506. The minimum Gasteiger partial charge on any atom is -0.494 e. The number of hydrogen-bond acceptors (Lipinski definition) is 2. The molecule has 3 nitrogen and oxygen atoms in total. The van der Waals surface area contributed by atoms with Gasteiger partial charge in [0.15, 0.2) is 0 Å². The Morgan fingerprint density at radius 3 is 2.33 bits per heavy atom. The van der Waals surface area contributed by atoms with E-state index in [1.54, 1.807) is 12.1 Å². The lowest BCUT2D eigenvalue weighted by Gasteiger charge is -2.07. The number of hydrogen-bond donors (Lipinski definition) is 1. The first-order chi connectivity index (χ1) is 8.79. The predicted octanol–water partition coefficient (Wildman–Crippen LogP) is 3.34. The molecule has 0 aliphatic heterocycles. The molecular formula is C15H15NO2. The summed E-state index contributed by atoms with van der Waals surface area (Å²) in [5.74, 6) is 0.690. The Morgan fingerprint density at radius 2 is 1.72 bits per heavy atom. The molecule has 18 heavy (non-hydrogen) atoms. The molecule has 0 heterocycles. The monoisotopic (exact) mass is 241 g/mol. The number of carbonyl (C=O) groups excluding carboxylic acids is 1. The average molecular weight is 241 g/mol.